The Morgan fingerprint density at radius 2 is 1.72 bits per heavy atom. The Morgan fingerprint density at radius 1 is 1.03 bits per heavy atom. The third-order valence-electron chi connectivity index (χ3n) is 4.36. The van der Waals surface area contributed by atoms with Crippen molar-refractivity contribution in [1.29, 1.82) is 0 Å². The molecule has 0 aliphatic carbocycles. The Kier molecular flexibility index (Phi) is 7.79. The molecule has 164 valence electrons. The number of aromatic nitrogens is 4. The minimum Gasteiger partial charge on any atom is -0.481 e. The minimum absolute atomic E-state index is 0.0118. The van der Waals surface area contributed by atoms with Crippen LogP contribution in [-0.4, -0.2) is 49.2 Å². The number of rotatable bonds is 10. The highest BCUT2D eigenvalue weighted by Crippen LogP contribution is 2.07. The second-order valence-corrected chi connectivity index (χ2v) is 6.76. The summed E-state index contributed by atoms with van der Waals surface area (Å²) in [4.78, 5) is 36.0. The fourth-order valence-corrected chi connectivity index (χ4v) is 2.76. The van der Waals surface area contributed by atoms with E-state index in [9.17, 15) is 14.4 Å². The van der Waals surface area contributed by atoms with Crippen LogP contribution in [0.3, 0.4) is 0 Å². The number of alkyl carbamates (subject to hydrolysis) is 1. The third kappa shape index (κ3) is 6.87. The maximum Gasteiger partial charge on any atom is 0.408 e. The van der Waals surface area contributed by atoms with Gasteiger partial charge >= 0.3 is 12.1 Å². The van der Waals surface area contributed by atoms with E-state index in [4.69, 9.17) is 9.84 Å². The first kappa shape index (κ1) is 22.3. The van der Waals surface area contributed by atoms with Crippen LogP contribution >= 0.6 is 0 Å². The van der Waals surface area contributed by atoms with E-state index in [1.54, 1.807) is 36.4 Å². The number of amides is 1. The smallest absolute Gasteiger partial charge is 0.408 e. The summed E-state index contributed by atoms with van der Waals surface area (Å²) >= 11 is 0. The van der Waals surface area contributed by atoms with Crippen molar-refractivity contribution in [3.8, 4) is 0 Å². The van der Waals surface area contributed by atoms with Crippen molar-refractivity contribution in [2.75, 3.05) is 0 Å². The number of benzene rings is 2. The minimum atomic E-state index is -1.30. The predicted molar refractivity (Wildman–Crippen MR) is 114 cm³/mol. The van der Waals surface area contributed by atoms with Crippen LogP contribution in [-0.2, 0) is 27.5 Å². The molecule has 2 N–H and O–H groups in total. The number of carbonyl (C=O) groups excluding carboxylic acids is 2. The first-order chi connectivity index (χ1) is 15.5. The predicted octanol–water partition coefficient (Wildman–Crippen LogP) is 2.18. The average molecular weight is 435 g/mol. The Balaban J connectivity index is 1.62. The fraction of sp³-hybridized carbons (Fsp3) is 0.182. The number of carboxylic acid groups (broad SMARTS) is 1. The Bertz CT molecular complexity index is 1080. The van der Waals surface area contributed by atoms with E-state index in [2.05, 4.69) is 20.8 Å². The lowest BCUT2D eigenvalue weighted by Crippen LogP contribution is -2.44. The van der Waals surface area contributed by atoms with Crippen molar-refractivity contribution < 1.29 is 24.2 Å². The number of nitrogens with one attached hydrogen (secondary N) is 1. The van der Waals surface area contributed by atoms with Crippen LogP contribution in [0.5, 0.6) is 0 Å². The van der Waals surface area contributed by atoms with Crippen LogP contribution < -0.4 is 5.32 Å². The molecule has 3 rings (SSSR count). The lowest BCUT2D eigenvalue weighted by molar-refractivity contribution is -0.139. The number of carbonyl (C=O) groups is 3. The molecule has 1 aromatic heterocycles. The van der Waals surface area contributed by atoms with Crippen molar-refractivity contribution in [3.63, 3.8) is 0 Å². The molecule has 3 aromatic rings. The number of Topliss-reactive ketones (excluding diaryl/α,β-unsaturated/α-hetero) is 1. The molecule has 0 bridgehead atoms. The van der Waals surface area contributed by atoms with Crippen LogP contribution in [0.1, 0.15) is 23.4 Å². The molecule has 0 saturated heterocycles. The normalized spacial score (nSPS) is 11.8. The molecule has 0 aliphatic heterocycles. The summed E-state index contributed by atoms with van der Waals surface area (Å²) in [6, 6.07) is 17.1. The van der Waals surface area contributed by atoms with Crippen LogP contribution in [0.25, 0.3) is 12.2 Å². The zero-order chi connectivity index (χ0) is 22.8. The number of carboxylic acids is 1. The summed E-state index contributed by atoms with van der Waals surface area (Å²) in [6.45, 7) is -0.333. The largest absolute Gasteiger partial charge is 0.481 e. The zero-order valence-electron chi connectivity index (χ0n) is 17.0. The van der Waals surface area contributed by atoms with E-state index in [0.29, 0.717) is 5.82 Å². The molecule has 0 radical (unpaired) electrons. The summed E-state index contributed by atoms with van der Waals surface area (Å²) in [5.74, 6) is -1.51. The van der Waals surface area contributed by atoms with Gasteiger partial charge in [0.2, 0.25) is 0 Å². The molecule has 0 aliphatic rings. The molecule has 2 aromatic carbocycles. The number of hydrogen-bond acceptors (Lipinski definition) is 7. The second-order valence-electron chi connectivity index (χ2n) is 6.76. The fourth-order valence-electron chi connectivity index (χ4n) is 2.76. The van der Waals surface area contributed by atoms with Crippen LogP contribution in [0, 0.1) is 0 Å². The van der Waals surface area contributed by atoms with E-state index >= 15 is 0 Å². The van der Waals surface area contributed by atoms with Gasteiger partial charge in [-0.25, -0.2) is 9.48 Å². The SMILES string of the molecule is O=C(O)CC(NC(=O)OCc1ccccc1)C(=O)Cn1nnnc1C=Cc1ccccc1. The average Bonchev–Trinajstić information content (AvgIpc) is 3.24. The van der Waals surface area contributed by atoms with Crippen LogP contribution in [0.15, 0.2) is 60.7 Å². The summed E-state index contributed by atoms with van der Waals surface area (Å²) < 4.78 is 6.31. The monoisotopic (exact) mass is 435 g/mol. The van der Waals surface area contributed by atoms with Gasteiger partial charge in [-0.05, 0) is 27.6 Å². The van der Waals surface area contributed by atoms with Crippen molar-refractivity contribution in [2.45, 2.75) is 25.6 Å². The van der Waals surface area contributed by atoms with Crippen molar-refractivity contribution >= 4 is 30.0 Å². The molecule has 1 heterocycles. The molecular formula is C22H21N5O5. The number of nitrogens with zero attached hydrogens (tertiary/aromatic N) is 4. The number of ether oxygens (including phenoxy) is 1. The quantitative estimate of drug-likeness (QED) is 0.494. The molecule has 10 heteroatoms. The van der Waals surface area contributed by atoms with Gasteiger partial charge < -0.3 is 15.2 Å². The number of aliphatic carboxylic acids is 1. The van der Waals surface area contributed by atoms with E-state index in [0.717, 1.165) is 11.1 Å². The van der Waals surface area contributed by atoms with Gasteiger partial charge in [-0.3, -0.25) is 9.59 Å². The van der Waals surface area contributed by atoms with E-state index in [1.165, 1.54) is 4.68 Å². The first-order valence-corrected chi connectivity index (χ1v) is 9.72. The van der Waals surface area contributed by atoms with Gasteiger partial charge in [0, 0.05) is 0 Å². The Morgan fingerprint density at radius 3 is 2.41 bits per heavy atom. The summed E-state index contributed by atoms with van der Waals surface area (Å²) in [5, 5.41) is 22.7. The standard InChI is InChI=1S/C22H21N5O5/c28-19(14-27-20(24-25-26-27)12-11-16-7-3-1-4-8-16)18(13-21(29)30)23-22(31)32-15-17-9-5-2-6-10-17/h1-12,18H,13-15H2,(H,23,31)(H,29,30). The van der Waals surface area contributed by atoms with Gasteiger partial charge in [0.1, 0.15) is 19.2 Å². The maximum absolute atomic E-state index is 12.7. The van der Waals surface area contributed by atoms with Crippen molar-refractivity contribution in [2.24, 2.45) is 0 Å². The summed E-state index contributed by atoms with van der Waals surface area (Å²) in [7, 11) is 0. The van der Waals surface area contributed by atoms with Crippen LogP contribution in [0.2, 0.25) is 0 Å². The number of hydrogen-bond donors (Lipinski definition) is 2. The van der Waals surface area contributed by atoms with Crippen LogP contribution in [0.4, 0.5) is 4.79 Å². The first-order valence-electron chi connectivity index (χ1n) is 9.72. The highest BCUT2D eigenvalue weighted by atomic mass is 16.5. The van der Waals surface area contributed by atoms with Crippen molar-refractivity contribution in [1.82, 2.24) is 25.5 Å². The molecule has 0 fully saturated rings. The molecular weight excluding hydrogens is 414 g/mol. The van der Waals surface area contributed by atoms with E-state index in [1.807, 2.05) is 36.4 Å². The molecule has 0 spiro atoms. The van der Waals surface area contributed by atoms with Gasteiger partial charge in [0.05, 0.1) is 6.42 Å². The third-order valence-corrected chi connectivity index (χ3v) is 4.36. The summed E-state index contributed by atoms with van der Waals surface area (Å²) in [6.07, 6.45) is 1.92. The topological polar surface area (TPSA) is 136 Å². The molecule has 0 saturated carbocycles. The number of ketones is 1. The highest BCUT2D eigenvalue weighted by molar-refractivity contribution is 5.90. The molecule has 1 atom stereocenters. The number of tetrazole rings is 1. The van der Waals surface area contributed by atoms with Gasteiger partial charge in [-0.15, -0.1) is 5.10 Å². The zero-order valence-corrected chi connectivity index (χ0v) is 17.0. The summed E-state index contributed by atoms with van der Waals surface area (Å²) in [5.41, 5.74) is 1.67. The molecule has 1 unspecified atom stereocenters. The second kappa shape index (κ2) is 11.2. The maximum atomic E-state index is 12.7. The molecule has 1 amide bonds. The Labute approximate surface area is 183 Å². The lowest BCUT2D eigenvalue weighted by atomic mass is 10.1. The highest BCUT2D eigenvalue weighted by Gasteiger charge is 2.25. The van der Waals surface area contributed by atoms with Gasteiger partial charge in [-0.1, -0.05) is 66.7 Å². The molecule has 10 nitrogen and oxygen atoms in total. The van der Waals surface area contributed by atoms with E-state index in [-0.39, 0.29) is 13.2 Å². The molecule has 32 heavy (non-hydrogen) atoms. The van der Waals surface area contributed by atoms with E-state index < -0.39 is 30.3 Å². The Hall–Kier alpha value is -4.34. The van der Waals surface area contributed by atoms with Gasteiger partial charge in [0.15, 0.2) is 11.6 Å². The van der Waals surface area contributed by atoms with Crippen molar-refractivity contribution in [3.05, 3.63) is 77.6 Å². The van der Waals surface area contributed by atoms with Gasteiger partial charge in [-0.2, -0.15) is 0 Å². The lowest BCUT2D eigenvalue weighted by Gasteiger charge is -2.16. The van der Waals surface area contributed by atoms with Gasteiger partial charge in [0.25, 0.3) is 0 Å².